The molecule has 9 heteroatoms. The minimum absolute atomic E-state index is 0. The molecule has 2 aliphatic heterocycles. The van der Waals surface area contributed by atoms with E-state index in [1.165, 1.54) is 32.4 Å². The number of nitrogens with zero attached hydrogens (tertiary/aromatic N) is 3. The normalized spacial score (nSPS) is 21.7. The molecule has 1 atom stereocenters. The Morgan fingerprint density at radius 2 is 1.77 bits per heavy atom. The maximum atomic E-state index is 12.7. The van der Waals surface area contributed by atoms with Gasteiger partial charge in [-0.2, -0.15) is 13.2 Å². The molecule has 1 aromatic carbocycles. The van der Waals surface area contributed by atoms with Crippen LogP contribution in [0, 0.1) is 5.92 Å². The number of alkyl halides is 3. The first-order chi connectivity index (χ1) is 14.3. The van der Waals surface area contributed by atoms with Crippen LogP contribution >= 0.6 is 24.0 Å². The maximum Gasteiger partial charge on any atom is 0.416 e. The molecule has 0 bridgehead atoms. The first-order valence-electron chi connectivity index (χ1n) is 10.9. The van der Waals surface area contributed by atoms with Crippen LogP contribution in [0.3, 0.4) is 0 Å². The van der Waals surface area contributed by atoms with Gasteiger partial charge in [-0.05, 0) is 69.4 Å². The first kappa shape index (κ1) is 26.2. The van der Waals surface area contributed by atoms with Gasteiger partial charge in [0.1, 0.15) is 0 Å². The van der Waals surface area contributed by atoms with Crippen LogP contribution in [0.5, 0.6) is 0 Å². The van der Waals surface area contributed by atoms with Crippen LogP contribution in [0.2, 0.25) is 0 Å². The summed E-state index contributed by atoms with van der Waals surface area (Å²) in [6.45, 7) is 5.75. The Morgan fingerprint density at radius 3 is 2.39 bits per heavy atom. The van der Waals surface area contributed by atoms with Crippen molar-refractivity contribution < 1.29 is 13.2 Å². The summed E-state index contributed by atoms with van der Waals surface area (Å²) in [5.41, 5.74) is 0.312. The van der Waals surface area contributed by atoms with Crippen LogP contribution in [0.15, 0.2) is 29.3 Å². The van der Waals surface area contributed by atoms with Crippen molar-refractivity contribution in [1.82, 2.24) is 20.4 Å². The van der Waals surface area contributed by atoms with E-state index in [1.54, 1.807) is 19.2 Å². The molecule has 2 aliphatic rings. The molecule has 0 saturated carbocycles. The molecule has 5 nitrogen and oxygen atoms in total. The van der Waals surface area contributed by atoms with Gasteiger partial charge in [0.25, 0.3) is 0 Å². The van der Waals surface area contributed by atoms with Crippen LogP contribution in [-0.2, 0) is 12.7 Å². The molecule has 1 unspecified atom stereocenters. The Hall–Kier alpha value is -1.07. The number of aliphatic imine (C=N–C) groups is 1. The number of hydrogen-bond acceptors (Lipinski definition) is 3. The smallest absolute Gasteiger partial charge is 0.356 e. The highest BCUT2D eigenvalue weighted by Gasteiger charge is 2.30. The Labute approximate surface area is 200 Å². The van der Waals surface area contributed by atoms with E-state index in [9.17, 15) is 13.2 Å². The molecule has 2 N–H and O–H groups in total. The number of benzene rings is 1. The molecule has 0 amide bonds. The van der Waals surface area contributed by atoms with Crippen molar-refractivity contribution in [3.63, 3.8) is 0 Å². The predicted octanol–water partition coefficient (Wildman–Crippen LogP) is 3.79. The van der Waals surface area contributed by atoms with E-state index in [0.717, 1.165) is 55.6 Å². The van der Waals surface area contributed by atoms with E-state index < -0.39 is 11.7 Å². The summed E-state index contributed by atoms with van der Waals surface area (Å²) in [6.07, 6.45) is 0.421. The summed E-state index contributed by atoms with van der Waals surface area (Å²) in [4.78, 5) is 9.01. The van der Waals surface area contributed by atoms with Crippen molar-refractivity contribution in [1.29, 1.82) is 0 Å². The summed E-state index contributed by atoms with van der Waals surface area (Å²) >= 11 is 0. The maximum absolute atomic E-state index is 12.7. The monoisotopic (exact) mass is 553 g/mol. The van der Waals surface area contributed by atoms with Gasteiger partial charge in [0.15, 0.2) is 5.96 Å². The second-order valence-electron chi connectivity index (χ2n) is 8.59. The molecule has 176 valence electrons. The second-order valence-corrected chi connectivity index (χ2v) is 8.59. The Kier molecular flexibility index (Phi) is 10.3. The zero-order valence-electron chi connectivity index (χ0n) is 18.4. The zero-order valence-corrected chi connectivity index (χ0v) is 20.7. The molecule has 3 rings (SSSR count). The zero-order chi connectivity index (χ0) is 21.6. The highest BCUT2D eigenvalue weighted by Crippen LogP contribution is 2.29. The quantitative estimate of drug-likeness (QED) is 0.320. The molecule has 0 aromatic heterocycles. The van der Waals surface area contributed by atoms with E-state index in [4.69, 9.17) is 0 Å². The van der Waals surface area contributed by atoms with Gasteiger partial charge in [-0.25, -0.2) is 0 Å². The summed E-state index contributed by atoms with van der Waals surface area (Å²) in [7, 11) is 3.97. The van der Waals surface area contributed by atoms with E-state index in [0.29, 0.717) is 12.6 Å². The number of nitrogens with one attached hydrogen (secondary N) is 2. The standard InChI is InChI=1S/C22H34F3N5.HI/c1-26-21(27-11-7-17-8-12-29(2)13-9-17)28-20-10-14-30(16-20)15-18-3-5-19(6-4-18)22(23,24)25;/h3-6,17,20H,7-16H2,1-2H3,(H2,26,27,28);1H. The second kappa shape index (κ2) is 12.2. The molecule has 0 aliphatic carbocycles. The number of guanidine groups is 1. The van der Waals surface area contributed by atoms with Crippen LogP contribution in [0.25, 0.3) is 0 Å². The molecule has 1 aromatic rings. The largest absolute Gasteiger partial charge is 0.416 e. The van der Waals surface area contributed by atoms with Gasteiger partial charge < -0.3 is 15.5 Å². The highest BCUT2D eigenvalue weighted by atomic mass is 127. The van der Waals surface area contributed by atoms with E-state index in [-0.39, 0.29) is 24.0 Å². The molecule has 2 saturated heterocycles. The van der Waals surface area contributed by atoms with Crippen molar-refractivity contribution >= 4 is 29.9 Å². The van der Waals surface area contributed by atoms with Crippen molar-refractivity contribution in [2.24, 2.45) is 10.9 Å². The fraction of sp³-hybridized carbons (Fsp3) is 0.682. The summed E-state index contributed by atoms with van der Waals surface area (Å²) in [5.74, 6) is 1.63. The molecule has 2 heterocycles. The Balaban J connectivity index is 0.00000341. The summed E-state index contributed by atoms with van der Waals surface area (Å²) < 4.78 is 38.1. The predicted molar refractivity (Wildman–Crippen MR) is 130 cm³/mol. The number of piperidine rings is 1. The van der Waals surface area contributed by atoms with Gasteiger partial charge >= 0.3 is 6.18 Å². The molecular weight excluding hydrogens is 518 g/mol. The van der Waals surface area contributed by atoms with E-state index >= 15 is 0 Å². The van der Waals surface area contributed by atoms with Gasteiger partial charge in [0, 0.05) is 39.3 Å². The lowest BCUT2D eigenvalue weighted by Crippen LogP contribution is -2.45. The summed E-state index contributed by atoms with van der Waals surface area (Å²) in [6, 6.07) is 5.78. The van der Waals surface area contributed by atoms with Gasteiger partial charge in [-0.3, -0.25) is 9.89 Å². The number of likely N-dealkylation sites (tertiary alicyclic amines) is 2. The SMILES string of the molecule is CN=C(NCCC1CCN(C)CC1)NC1CCN(Cc2ccc(C(F)(F)F)cc2)C1.I. The molecule has 31 heavy (non-hydrogen) atoms. The molecule has 0 radical (unpaired) electrons. The Bertz CT molecular complexity index is 687. The Morgan fingerprint density at radius 1 is 1.10 bits per heavy atom. The number of rotatable bonds is 6. The van der Waals surface area contributed by atoms with E-state index in [1.807, 2.05) is 0 Å². The van der Waals surface area contributed by atoms with Gasteiger partial charge in [-0.1, -0.05) is 12.1 Å². The fourth-order valence-electron chi connectivity index (χ4n) is 4.28. The van der Waals surface area contributed by atoms with Gasteiger partial charge in [-0.15, -0.1) is 24.0 Å². The van der Waals surface area contributed by atoms with Crippen molar-refractivity contribution in [2.75, 3.05) is 46.8 Å². The van der Waals surface area contributed by atoms with Crippen molar-refractivity contribution in [3.8, 4) is 0 Å². The lowest BCUT2D eigenvalue weighted by atomic mass is 9.94. The molecule has 0 spiro atoms. The summed E-state index contributed by atoms with van der Waals surface area (Å²) in [5, 5.41) is 6.94. The van der Waals surface area contributed by atoms with Crippen LogP contribution in [0.4, 0.5) is 13.2 Å². The first-order valence-corrected chi connectivity index (χ1v) is 10.9. The fourth-order valence-corrected chi connectivity index (χ4v) is 4.28. The minimum atomic E-state index is -4.28. The van der Waals surface area contributed by atoms with Gasteiger partial charge in [0.05, 0.1) is 5.56 Å². The lowest BCUT2D eigenvalue weighted by molar-refractivity contribution is -0.137. The minimum Gasteiger partial charge on any atom is -0.356 e. The lowest BCUT2D eigenvalue weighted by Gasteiger charge is -2.29. The topological polar surface area (TPSA) is 42.9 Å². The highest BCUT2D eigenvalue weighted by molar-refractivity contribution is 14.0. The average Bonchev–Trinajstić information content (AvgIpc) is 3.15. The van der Waals surface area contributed by atoms with Crippen molar-refractivity contribution in [2.45, 2.75) is 44.4 Å². The van der Waals surface area contributed by atoms with E-state index in [2.05, 4.69) is 32.5 Å². The number of halogens is 4. The average molecular weight is 553 g/mol. The van der Waals surface area contributed by atoms with Crippen LogP contribution in [-0.4, -0.2) is 68.6 Å². The van der Waals surface area contributed by atoms with Gasteiger partial charge in [0.2, 0.25) is 0 Å². The van der Waals surface area contributed by atoms with Crippen LogP contribution in [0.1, 0.15) is 36.8 Å². The molecule has 2 fully saturated rings. The third-order valence-electron chi connectivity index (χ3n) is 6.21. The third-order valence-corrected chi connectivity index (χ3v) is 6.21. The third kappa shape index (κ3) is 8.42. The van der Waals surface area contributed by atoms with Crippen LogP contribution < -0.4 is 10.6 Å². The van der Waals surface area contributed by atoms with Crippen molar-refractivity contribution in [3.05, 3.63) is 35.4 Å². The molecular formula is C22H35F3IN5. The number of hydrogen-bond donors (Lipinski definition) is 2.